The molecule has 0 radical (unpaired) electrons. The fourth-order valence-corrected chi connectivity index (χ4v) is 2.42. The zero-order chi connectivity index (χ0) is 12.7. The maximum atomic E-state index is 11.4. The third-order valence-electron chi connectivity index (χ3n) is 3.69. The van der Waals surface area contributed by atoms with Gasteiger partial charge in [0.1, 0.15) is 6.29 Å². The minimum Gasteiger partial charge on any atom is -0.383 e. The van der Waals surface area contributed by atoms with Gasteiger partial charge in [-0.2, -0.15) is 0 Å². The summed E-state index contributed by atoms with van der Waals surface area (Å²) in [6, 6.07) is 0.352. The van der Waals surface area contributed by atoms with Gasteiger partial charge in [0.2, 0.25) is 0 Å². The van der Waals surface area contributed by atoms with Crippen molar-refractivity contribution in [2.45, 2.75) is 32.7 Å². The summed E-state index contributed by atoms with van der Waals surface area (Å²) in [5.74, 6) is 0. The van der Waals surface area contributed by atoms with Crippen LogP contribution in [0.2, 0.25) is 0 Å². The predicted molar refractivity (Wildman–Crippen MR) is 67.1 cm³/mol. The number of hydrogen-bond acceptors (Lipinski definition) is 4. The summed E-state index contributed by atoms with van der Waals surface area (Å²) in [6.45, 7) is 8.15. The fourth-order valence-electron chi connectivity index (χ4n) is 2.42. The molecule has 0 aromatic heterocycles. The van der Waals surface area contributed by atoms with Gasteiger partial charge in [-0.3, -0.25) is 4.90 Å². The van der Waals surface area contributed by atoms with Crippen LogP contribution >= 0.6 is 0 Å². The van der Waals surface area contributed by atoms with Crippen LogP contribution in [0.1, 0.15) is 26.7 Å². The van der Waals surface area contributed by atoms with E-state index in [-0.39, 0.29) is 5.41 Å². The van der Waals surface area contributed by atoms with Crippen LogP contribution in [0.5, 0.6) is 0 Å². The molecular formula is C13H25NO3. The van der Waals surface area contributed by atoms with E-state index in [1.807, 2.05) is 0 Å². The van der Waals surface area contributed by atoms with Gasteiger partial charge in [0.05, 0.1) is 6.61 Å². The first-order valence-corrected chi connectivity index (χ1v) is 6.44. The number of aldehydes is 1. The number of nitrogens with zero attached hydrogens (tertiary/aromatic N) is 1. The molecule has 0 aromatic rings. The number of carbonyl (C=O) groups is 1. The molecule has 1 atom stereocenters. The first-order chi connectivity index (χ1) is 8.17. The Bertz CT molecular complexity index is 227. The Kier molecular flexibility index (Phi) is 6.09. The molecule has 1 fully saturated rings. The van der Waals surface area contributed by atoms with Crippen LogP contribution in [0.15, 0.2) is 0 Å². The Morgan fingerprint density at radius 1 is 1.47 bits per heavy atom. The largest absolute Gasteiger partial charge is 0.383 e. The van der Waals surface area contributed by atoms with Crippen LogP contribution in [0, 0.1) is 5.41 Å². The molecule has 1 aliphatic heterocycles. The van der Waals surface area contributed by atoms with Gasteiger partial charge in [0.25, 0.3) is 0 Å². The minimum absolute atomic E-state index is 0.212. The van der Waals surface area contributed by atoms with Crippen molar-refractivity contribution in [1.82, 2.24) is 4.90 Å². The van der Waals surface area contributed by atoms with E-state index in [2.05, 4.69) is 18.7 Å². The van der Waals surface area contributed by atoms with E-state index in [1.54, 1.807) is 7.11 Å². The maximum Gasteiger partial charge on any atom is 0.127 e. The van der Waals surface area contributed by atoms with E-state index < -0.39 is 0 Å². The van der Waals surface area contributed by atoms with Gasteiger partial charge in [0, 0.05) is 38.3 Å². The third-order valence-corrected chi connectivity index (χ3v) is 3.69. The molecule has 0 spiro atoms. The third kappa shape index (κ3) is 4.05. The second-order valence-electron chi connectivity index (χ2n) is 4.96. The van der Waals surface area contributed by atoms with Crippen molar-refractivity contribution in [3.05, 3.63) is 0 Å². The Balaban J connectivity index is 2.60. The summed E-state index contributed by atoms with van der Waals surface area (Å²) in [7, 11) is 1.72. The van der Waals surface area contributed by atoms with Crippen LogP contribution in [0.4, 0.5) is 0 Å². The molecular weight excluding hydrogens is 218 g/mol. The van der Waals surface area contributed by atoms with Crippen molar-refractivity contribution >= 4 is 6.29 Å². The lowest BCUT2D eigenvalue weighted by molar-refractivity contribution is -0.123. The quantitative estimate of drug-likeness (QED) is 0.633. The number of hydrogen-bond donors (Lipinski definition) is 0. The molecule has 0 bridgehead atoms. The van der Waals surface area contributed by atoms with E-state index in [0.717, 1.165) is 32.2 Å². The van der Waals surface area contributed by atoms with Crippen LogP contribution in [0.25, 0.3) is 0 Å². The summed E-state index contributed by atoms with van der Waals surface area (Å²) < 4.78 is 10.5. The SMILES string of the molecule is CCN(CC1(C=O)CCOCC1)C(C)COC. The monoisotopic (exact) mass is 243 g/mol. The van der Waals surface area contributed by atoms with E-state index >= 15 is 0 Å². The van der Waals surface area contributed by atoms with Crippen LogP contribution in [-0.4, -0.2) is 57.2 Å². The molecule has 1 unspecified atom stereocenters. The first kappa shape index (κ1) is 14.6. The molecule has 4 nitrogen and oxygen atoms in total. The lowest BCUT2D eigenvalue weighted by Gasteiger charge is -2.38. The van der Waals surface area contributed by atoms with Crippen molar-refractivity contribution in [2.75, 3.05) is 40.0 Å². The van der Waals surface area contributed by atoms with Gasteiger partial charge >= 0.3 is 0 Å². The average molecular weight is 243 g/mol. The number of rotatable bonds is 7. The number of likely N-dealkylation sites (N-methyl/N-ethyl adjacent to an activating group) is 1. The molecule has 1 rings (SSSR count). The first-order valence-electron chi connectivity index (χ1n) is 6.44. The summed E-state index contributed by atoms with van der Waals surface area (Å²) in [6.07, 6.45) is 2.82. The van der Waals surface area contributed by atoms with Gasteiger partial charge < -0.3 is 14.3 Å². The van der Waals surface area contributed by atoms with Crippen LogP contribution in [0.3, 0.4) is 0 Å². The van der Waals surface area contributed by atoms with Gasteiger partial charge in [-0.1, -0.05) is 6.92 Å². The minimum atomic E-state index is -0.212. The topological polar surface area (TPSA) is 38.8 Å². The highest BCUT2D eigenvalue weighted by atomic mass is 16.5. The van der Waals surface area contributed by atoms with Gasteiger partial charge in [-0.05, 0) is 26.3 Å². The standard InChI is InChI=1S/C13H25NO3/c1-4-14(12(2)9-16-3)10-13(11-15)5-7-17-8-6-13/h11-12H,4-10H2,1-3H3. The summed E-state index contributed by atoms with van der Waals surface area (Å²) in [4.78, 5) is 13.7. The Hall–Kier alpha value is -0.450. The van der Waals surface area contributed by atoms with E-state index in [0.29, 0.717) is 25.9 Å². The molecule has 0 amide bonds. The fraction of sp³-hybridized carbons (Fsp3) is 0.923. The van der Waals surface area contributed by atoms with Crippen molar-refractivity contribution in [1.29, 1.82) is 0 Å². The van der Waals surface area contributed by atoms with Crippen LogP contribution < -0.4 is 0 Å². The predicted octanol–water partition coefficient (Wildman–Crippen LogP) is 1.34. The molecule has 4 heteroatoms. The molecule has 1 heterocycles. The normalized spacial score (nSPS) is 21.4. The Morgan fingerprint density at radius 3 is 2.59 bits per heavy atom. The summed E-state index contributed by atoms with van der Waals surface area (Å²) in [5.41, 5.74) is -0.212. The Morgan fingerprint density at radius 2 is 2.12 bits per heavy atom. The van der Waals surface area contributed by atoms with Crippen molar-refractivity contribution in [3.63, 3.8) is 0 Å². The van der Waals surface area contributed by atoms with Gasteiger partial charge in [-0.25, -0.2) is 0 Å². The van der Waals surface area contributed by atoms with Gasteiger partial charge in [0.15, 0.2) is 0 Å². The summed E-state index contributed by atoms with van der Waals surface area (Å²) >= 11 is 0. The number of ether oxygens (including phenoxy) is 2. The molecule has 1 aliphatic rings. The lowest BCUT2D eigenvalue weighted by Crippen LogP contribution is -2.47. The zero-order valence-corrected chi connectivity index (χ0v) is 11.3. The van der Waals surface area contributed by atoms with Crippen molar-refractivity contribution in [2.24, 2.45) is 5.41 Å². The second-order valence-corrected chi connectivity index (χ2v) is 4.96. The highest BCUT2D eigenvalue weighted by Crippen LogP contribution is 2.29. The molecule has 17 heavy (non-hydrogen) atoms. The molecule has 0 aliphatic carbocycles. The molecule has 0 saturated carbocycles. The van der Waals surface area contributed by atoms with E-state index in [4.69, 9.17) is 9.47 Å². The van der Waals surface area contributed by atoms with Crippen LogP contribution in [-0.2, 0) is 14.3 Å². The number of methoxy groups -OCH3 is 1. The summed E-state index contributed by atoms with van der Waals surface area (Å²) in [5, 5.41) is 0. The number of carbonyl (C=O) groups excluding carboxylic acids is 1. The highest BCUT2D eigenvalue weighted by Gasteiger charge is 2.34. The molecule has 1 saturated heterocycles. The van der Waals surface area contributed by atoms with Crippen molar-refractivity contribution in [3.8, 4) is 0 Å². The lowest BCUT2D eigenvalue weighted by atomic mass is 9.81. The smallest absolute Gasteiger partial charge is 0.127 e. The van der Waals surface area contributed by atoms with Gasteiger partial charge in [-0.15, -0.1) is 0 Å². The van der Waals surface area contributed by atoms with Crippen molar-refractivity contribution < 1.29 is 14.3 Å². The van der Waals surface area contributed by atoms with E-state index in [9.17, 15) is 4.79 Å². The zero-order valence-electron chi connectivity index (χ0n) is 11.3. The molecule has 0 N–H and O–H groups in total. The van der Waals surface area contributed by atoms with E-state index in [1.165, 1.54) is 0 Å². The molecule has 0 aromatic carbocycles. The molecule has 100 valence electrons. The maximum absolute atomic E-state index is 11.4. The highest BCUT2D eigenvalue weighted by molar-refractivity contribution is 5.60. The Labute approximate surface area is 104 Å². The average Bonchev–Trinajstić information content (AvgIpc) is 2.37. The second kappa shape index (κ2) is 7.09.